The van der Waals surface area contributed by atoms with Crippen molar-refractivity contribution in [3.05, 3.63) is 29.8 Å². The van der Waals surface area contributed by atoms with Crippen LogP contribution in [0.25, 0.3) is 0 Å². The van der Waals surface area contributed by atoms with Gasteiger partial charge >= 0.3 is 0 Å². The summed E-state index contributed by atoms with van der Waals surface area (Å²) in [5.41, 5.74) is 0.374. The molecular formula is C14H20O3. The molecule has 3 nitrogen and oxygen atoms in total. The van der Waals surface area contributed by atoms with Crippen LogP contribution in [0.4, 0.5) is 0 Å². The van der Waals surface area contributed by atoms with Crippen molar-refractivity contribution in [1.82, 2.24) is 0 Å². The summed E-state index contributed by atoms with van der Waals surface area (Å²) in [5, 5.41) is 0. The molecule has 0 saturated heterocycles. The van der Waals surface area contributed by atoms with Gasteiger partial charge in [-0.1, -0.05) is 12.1 Å². The number of benzene rings is 1. The standard InChI is InChI=1S/C14H20O3/c1-14(2,17-4)10-9-12(15)11-7-5-6-8-13(11)16-3/h5-8H,9-10H2,1-4H3. The van der Waals surface area contributed by atoms with Crippen LogP contribution in [-0.4, -0.2) is 25.6 Å². The molecule has 0 aromatic heterocycles. The first-order valence-corrected chi connectivity index (χ1v) is 5.71. The highest BCUT2D eigenvalue weighted by atomic mass is 16.5. The third kappa shape index (κ3) is 3.86. The molecule has 0 spiro atoms. The molecule has 0 saturated carbocycles. The van der Waals surface area contributed by atoms with E-state index < -0.39 is 0 Å². The maximum absolute atomic E-state index is 12.1. The summed E-state index contributed by atoms with van der Waals surface area (Å²) >= 11 is 0. The highest BCUT2D eigenvalue weighted by Gasteiger charge is 2.19. The first-order valence-electron chi connectivity index (χ1n) is 5.71. The Labute approximate surface area is 103 Å². The average Bonchev–Trinajstić information content (AvgIpc) is 2.36. The van der Waals surface area contributed by atoms with Crippen LogP contribution in [0.15, 0.2) is 24.3 Å². The molecule has 0 N–H and O–H groups in total. The van der Waals surface area contributed by atoms with Gasteiger partial charge in [0.2, 0.25) is 0 Å². The highest BCUT2D eigenvalue weighted by Crippen LogP contribution is 2.22. The summed E-state index contributed by atoms with van der Waals surface area (Å²) in [6, 6.07) is 7.29. The van der Waals surface area contributed by atoms with Crippen molar-refractivity contribution in [3.8, 4) is 5.75 Å². The summed E-state index contributed by atoms with van der Waals surface area (Å²) in [6.45, 7) is 3.95. The Bertz CT molecular complexity index is 383. The van der Waals surface area contributed by atoms with E-state index >= 15 is 0 Å². The number of carbonyl (C=O) groups excluding carboxylic acids is 1. The van der Waals surface area contributed by atoms with E-state index in [9.17, 15) is 4.79 Å². The van der Waals surface area contributed by atoms with E-state index in [-0.39, 0.29) is 11.4 Å². The van der Waals surface area contributed by atoms with Crippen LogP contribution in [0.2, 0.25) is 0 Å². The second-order valence-corrected chi connectivity index (χ2v) is 4.59. The number of methoxy groups -OCH3 is 2. The van der Waals surface area contributed by atoms with Crippen LogP contribution in [-0.2, 0) is 4.74 Å². The monoisotopic (exact) mass is 236 g/mol. The lowest BCUT2D eigenvalue weighted by atomic mass is 9.97. The summed E-state index contributed by atoms with van der Waals surface area (Å²) in [4.78, 5) is 12.1. The Kier molecular flexibility index (Phi) is 4.70. The second kappa shape index (κ2) is 5.82. The topological polar surface area (TPSA) is 35.5 Å². The molecule has 0 heterocycles. The SMILES string of the molecule is COc1ccccc1C(=O)CCC(C)(C)OC. The number of ether oxygens (including phenoxy) is 2. The van der Waals surface area contributed by atoms with E-state index in [4.69, 9.17) is 9.47 Å². The molecule has 0 aliphatic heterocycles. The van der Waals surface area contributed by atoms with E-state index in [2.05, 4.69) is 0 Å². The lowest BCUT2D eigenvalue weighted by molar-refractivity contribution is 0.0141. The summed E-state index contributed by atoms with van der Waals surface area (Å²) in [5.74, 6) is 0.722. The number of para-hydroxylation sites is 1. The van der Waals surface area contributed by atoms with Crippen LogP contribution in [0.3, 0.4) is 0 Å². The molecule has 0 radical (unpaired) electrons. The molecule has 0 aliphatic rings. The second-order valence-electron chi connectivity index (χ2n) is 4.59. The van der Waals surface area contributed by atoms with Gasteiger partial charge in [0.15, 0.2) is 5.78 Å². The maximum atomic E-state index is 12.1. The normalized spacial score (nSPS) is 11.3. The number of ketones is 1. The van der Waals surface area contributed by atoms with Crippen LogP contribution in [0.5, 0.6) is 5.75 Å². The van der Waals surface area contributed by atoms with E-state index in [0.29, 0.717) is 24.2 Å². The number of hydrogen-bond donors (Lipinski definition) is 0. The zero-order valence-corrected chi connectivity index (χ0v) is 10.9. The average molecular weight is 236 g/mol. The van der Waals surface area contributed by atoms with Crippen molar-refractivity contribution in [2.45, 2.75) is 32.3 Å². The minimum atomic E-state index is -0.266. The fraction of sp³-hybridized carbons (Fsp3) is 0.500. The molecule has 1 aromatic carbocycles. The van der Waals surface area contributed by atoms with Gasteiger partial charge in [0.1, 0.15) is 5.75 Å². The van der Waals surface area contributed by atoms with Gasteiger partial charge in [-0.2, -0.15) is 0 Å². The Morgan fingerprint density at radius 1 is 1.24 bits per heavy atom. The number of hydrogen-bond acceptors (Lipinski definition) is 3. The van der Waals surface area contributed by atoms with Crippen LogP contribution in [0, 0.1) is 0 Å². The van der Waals surface area contributed by atoms with Crippen molar-refractivity contribution >= 4 is 5.78 Å². The molecule has 0 bridgehead atoms. The maximum Gasteiger partial charge on any atom is 0.166 e. The van der Waals surface area contributed by atoms with Gasteiger partial charge in [-0.15, -0.1) is 0 Å². The molecule has 1 rings (SSSR count). The quantitative estimate of drug-likeness (QED) is 0.712. The van der Waals surface area contributed by atoms with Crippen molar-refractivity contribution in [3.63, 3.8) is 0 Å². The Morgan fingerprint density at radius 3 is 2.47 bits per heavy atom. The predicted molar refractivity (Wildman–Crippen MR) is 67.6 cm³/mol. The van der Waals surface area contributed by atoms with Gasteiger partial charge in [0, 0.05) is 13.5 Å². The molecule has 1 aromatic rings. The zero-order chi connectivity index (χ0) is 12.9. The fourth-order valence-electron chi connectivity index (χ4n) is 1.53. The summed E-state index contributed by atoms with van der Waals surface area (Å²) in [7, 11) is 3.23. The first-order chi connectivity index (χ1) is 8.00. The molecule has 0 aliphatic carbocycles. The Morgan fingerprint density at radius 2 is 1.88 bits per heavy atom. The van der Waals surface area contributed by atoms with E-state index in [1.165, 1.54) is 0 Å². The molecule has 0 fully saturated rings. The third-order valence-electron chi connectivity index (χ3n) is 2.91. The van der Waals surface area contributed by atoms with Crippen molar-refractivity contribution in [2.75, 3.05) is 14.2 Å². The highest BCUT2D eigenvalue weighted by molar-refractivity contribution is 5.98. The fourth-order valence-corrected chi connectivity index (χ4v) is 1.53. The molecule has 0 atom stereocenters. The van der Waals surface area contributed by atoms with Crippen LogP contribution >= 0.6 is 0 Å². The van der Waals surface area contributed by atoms with E-state index in [1.54, 1.807) is 26.4 Å². The van der Waals surface area contributed by atoms with Crippen LogP contribution < -0.4 is 4.74 Å². The van der Waals surface area contributed by atoms with Crippen molar-refractivity contribution in [2.24, 2.45) is 0 Å². The molecule has 94 valence electrons. The number of rotatable bonds is 6. The van der Waals surface area contributed by atoms with Gasteiger partial charge in [0.25, 0.3) is 0 Å². The van der Waals surface area contributed by atoms with Crippen molar-refractivity contribution in [1.29, 1.82) is 0 Å². The van der Waals surface area contributed by atoms with Gasteiger partial charge < -0.3 is 9.47 Å². The van der Waals surface area contributed by atoms with Gasteiger partial charge in [-0.05, 0) is 32.4 Å². The summed E-state index contributed by atoms with van der Waals surface area (Å²) < 4.78 is 10.5. The van der Waals surface area contributed by atoms with Crippen LogP contribution in [0.1, 0.15) is 37.0 Å². The molecule has 0 amide bonds. The Balaban J connectivity index is 2.70. The van der Waals surface area contributed by atoms with Gasteiger partial charge in [-0.3, -0.25) is 4.79 Å². The smallest absolute Gasteiger partial charge is 0.166 e. The summed E-state index contributed by atoms with van der Waals surface area (Å²) in [6.07, 6.45) is 1.15. The first kappa shape index (κ1) is 13.7. The van der Waals surface area contributed by atoms with E-state index in [0.717, 1.165) is 0 Å². The largest absolute Gasteiger partial charge is 0.496 e. The van der Waals surface area contributed by atoms with Gasteiger partial charge in [-0.25, -0.2) is 0 Å². The van der Waals surface area contributed by atoms with E-state index in [1.807, 2.05) is 26.0 Å². The van der Waals surface area contributed by atoms with Gasteiger partial charge in [0.05, 0.1) is 18.3 Å². The third-order valence-corrected chi connectivity index (χ3v) is 2.91. The molecule has 3 heteroatoms. The Hall–Kier alpha value is -1.35. The number of Topliss-reactive ketones (excluding diaryl/α,β-unsaturated/α-hetero) is 1. The zero-order valence-electron chi connectivity index (χ0n) is 10.9. The minimum Gasteiger partial charge on any atom is -0.496 e. The molecular weight excluding hydrogens is 216 g/mol. The lowest BCUT2D eigenvalue weighted by Crippen LogP contribution is -2.23. The molecule has 0 unspecified atom stereocenters. The van der Waals surface area contributed by atoms with Crippen molar-refractivity contribution < 1.29 is 14.3 Å². The predicted octanol–water partition coefficient (Wildman–Crippen LogP) is 3.08. The lowest BCUT2D eigenvalue weighted by Gasteiger charge is -2.22. The minimum absolute atomic E-state index is 0.0903. The number of carbonyl (C=O) groups is 1. The molecule has 17 heavy (non-hydrogen) atoms.